The lowest BCUT2D eigenvalue weighted by molar-refractivity contribution is -0.135. The van der Waals surface area contributed by atoms with Crippen LogP contribution < -0.4 is 4.74 Å². The minimum atomic E-state index is -0.293. The van der Waals surface area contributed by atoms with Crippen LogP contribution in [0.15, 0.2) is 36.4 Å². The van der Waals surface area contributed by atoms with Gasteiger partial charge < -0.3 is 9.84 Å². The smallest absolute Gasteiger partial charge is 0.311 e. The van der Waals surface area contributed by atoms with Gasteiger partial charge in [0.05, 0.1) is 0 Å². The maximum Gasteiger partial charge on any atom is 0.311 e. The average molecular weight is 353 g/mol. The van der Waals surface area contributed by atoms with Gasteiger partial charge in [-0.15, -0.1) is 0 Å². The third kappa shape index (κ3) is 5.15. The number of carbonyl (C=O) groups excluding carboxylic acids is 1. The first kappa shape index (κ1) is 17.6. The van der Waals surface area contributed by atoms with Crippen LogP contribution in [0.1, 0.15) is 31.4 Å². The highest BCUT2D eigenvalue weighted by Crippen LogP contribution is 2.30. The van der Waals surface area contributed by atoms with E-state index in [-0.39, 0.29) is 17.6 Å². The Hall–Kier alpha value is -1.71. The number of rotatable bonds is 5. The number of ether oxygens (including phenoxy) is 1. The first-order valence-corrected chi connectivity index (χ1v) is 8.07. The molecule has 0 bridgehead atoms. The van der Waals surface area contributed by atoms with Crippen molar-refractivity contribution in [1.29, 1.82) is 0 Å². The standard InChI is InChI=1S/C18H18Cl2O3/c1-11(2)7-18(22)23-17-6-4-15(20)10-13(17)8-12-9-14(19)3-5-16(12)21/h3-6,9-11,21H,7-8H2,1-2H3. The van der Waals surface area contributed by atoms with Gasteiger partial charge in [0, 0.05) is 28.5 Å². The fraction of sp³-hybridized carbons (Fsp3) is 0.278. The number of hydrogen-bond acceptors (Lipinski definition) is 3. The highest BCUT2D eigenvalue weighted by Gasteiger charge is 2.13. The Morgan fingerprint density at radius 1 is 1.09 bits per heavy atom. The molecule has 1 N–H and O–H groups in total. The molecule has 3 nitrogen and oxygen atoms in total. The molecule has 0 saturated carbocycles. The number of esters is 1. The molecule has 0 aliphatic rings. The van der Waals surface area contributed by atoms with Gasteiger partial charge in [0.25, 0.3) is 0 Å². The molecule has 0 fully saturated rings. The molecule has 0 atom stereocenters. The van der Waals surface area contributed by atoms with Gasteiger partial charge in [-0.3, -0.25) is 4.79 Å². The highest BCUT2D eigenvalue weighted by molar-refractivity contribution is 6.31. The molecule has 2 aromatic rings. The quantitative estimate of drug-likeness (QED) is 0.591. The Bertz CT molecular complexity index is 711. The second-order valence-corrected chi connectivity index (χ2v) is 6.65. The Balaban J connectivity index is 2.28. The second-order valence-electron chi connectivity index (χ2n) is 5.77. The van der Waals surface area contributed by atoms with Gasteiger partial charge in [-0.05, 0) is 47.9 Å². The molecule has 0 unspecified atom stereocenters. The van der Waals surface area contributed by atoms with Gasteiger partial charge >= 0.3 is 5.97 Å². The Morgan fingerprint density at radius 2 is 1.70 bits per heavy atom. The van der Waals surface area contributed by atoms with Gasteiger partial charge in [0.15, 0.2) is 0 Å². The summed E-state index contributed by atoms with van der Waals surface area (Å²) in [5.74, 6) is 0.502. The Kier molecular flexibility index (Phi) is 5.91. The minimum absolute atomic E-state index is 0.133. The number of hydrogen-bond donors (Lipinski definition) is 1. The molecule has 0 aromatic heterocycles. The molecule has 0 heterocycles. The van der Waals surface area contributed by atoms with E-state index in [0.29, 0.717) is 39.8 Å². The summed E-state index contributed by atoms with van der Waals surface area (Å²) in [6.45, 7) is 3.90. The third-order valence-electron chi connectivity index (χ3n) is 3.24. The molecule has 2 aromatic carbocycles. The van der Waals surface area contributed by atoms with E-state index in [4.69, 9.17) is 27.9 Å². The summed E-state index contributed by atoms with van der Waals surface area (Å²) < 4.78 is 5.44. The van der Waals surface area contributed by atoms with Crippen LogP contribution in [0, 0.1) is 5.92 Å². The van der Waals surface area contributed by atoms with Crippen molar-refractivity contribution in [2.45, 2.75) is 26.7 Å². The van der Waals surface area contributed by atoms with Crippen molar-refractivity contribution in [2.24, 2.45) is 5.92 Å². The summed E-state index contributed by atoms with van der Waals surface area (Å²) in [5, 5.41) is 11.0. The first-order chi connectivity index (χ1) is 10.8. The van der Waals surface area contributed by atoms with Gasteiger partial charge in [-0.1, -0.05) is 37.0 Å². The Morgan fingerprint density at radius 3 is 2.35 bits per heavy atom. The molecular weight excluding hydrogens is 335 g/mol. The third-order valence-corrected chi connectivity index (χ3v) is 3.71. The number of carbonyl (C=O) groups is 1. The van der Waals surface area contributed by atoms with E-state index < -0.39 is 0 Å². The largest absolute Gasteiger partial charge is 0.508 e. The van der Waals surface area contributed by atoms with Gasteiger partial charge in [0.1, 0.15) is 11.5 Å². The van der Waals surface area contributed by atoms with Crippen LogP contribution in [0.5, 0.6) is 11.5 Å². The van der Waals surface area contributed by atoms with E-state index in [1.165, 1.54) is 6.07 Å². The maximum atomic E-state index is 11.9. The number of aromatic hydroxyl groups is 1. The van der Waals surface area contributed by atoms with Crippen LogP contribution >= 0.6 is 23.2 Å². The summed E-state index contributed by atoms with van der Waals surface area (Å²) in [7, 11) is 0. The van der Waals surface area contributed by atoms with Crippen molar-refractivity contribution in [3.8, 4) is 11.5 Å². The molecular formula is C18H18Cl2O3. The normalized spacial score (nSPS) is 10.8. The van der Waals surface area contributed by atoms with E-state index >= 15 is 0 Å². The van der Waals surface area contributed by atoms with E-state index in [1.54, 1.807) is 30.3 Å². The van der Waals surface area contributed by atoms with Gasteiger partial charge in [-0.2, -0.15) is 0 Å². The van der Waals surface area contributed by atoms with Crippen LogP contribution in [0.3, 0.4) is 0 Å². The van der Waals surface area contributed by atoms with Gasteiger partial charge in [0.2, 0.25) is 0 Å². The van der Waals surface area contributed by atoms with Crippen molar-refractivity contribution in [3.63, 3.8) is 0 Å². The van der Waals surface area contributed by atoms with Crippen LogP contribution in [-0.2, 0) is 11.2 Å². The van der Waals surface area contributed by atoms with Crippen molar-refractivity contribution >= 4 is 29.2 Å². The average Bonchev–Trinajstić information content (AvgIpc) is 2.45. The molecule has 0 spiro atoms. The lowest BCUT2D eigenvalue weighted by Gasteiger charge is -2.12. The second kappa shape index (κ2) is 7.71. The van der Waals surface area contributed by atoms with Gasteiger partial charge in [-0.25, -0.2) is 0 Å². The summed E-state index contributed by atoms with van der Waals surface area (Å²) in [5.41, 5.74) is 1.35. The zero-order valence-corrected chi connectivity index (χ0v) is 14.5. The zero-order valence-electron chi connectivity index (χ0n) is 13.0. The maximum absolute atomic E-state index is 11.9. The SMILES string of the molecule is CC(C)CC(=O)Oc1ccc(Cl)cc1Cc1cc(Cl)ccc1O. The molecule has 0 aliphatic carbocycles. The number of phenols is 1. The predicted octanol–water partition coefficient (Wildman–Crippen LogP) is 5.24. The first-order valence-electron chi connectivity index (χ1n) is 7.31. The van der Waals surface area contributed by atoms with Crippen LogP contribution in [-0.4, -0.2) is 11.1 Å². The van der Waals surface area contributed by atoms with Crippen molar-refractivity contribution in [3.05, 3.63) is 57.6 Å². The number of benzene rings is 2. The number of halogens is 2. The predicted molar refractivity (Wildman–Crippen MR) is 92.5 cm³/mol. The molecule has 2 rings (SSSR count). The van der Waals surface area contributed by atoms with E-state index in [0.717, 1.165) is 0 Å². The lowest BCUT2D eigenvalue weighted by atomic mass is 10.0. The minimum Gasteiger partial charge on any atom is -0.508 e. The molecule has 23 heavy (non-hydrogen) atoms. The summed E-state index contributed by atoms with van der Waals surface area (Å²) in [4.78, 5) is 11.9. The molecule has 122 valence electrons. The topological polar surface area (TPSA) is 46.5 Å². The fourth-order valence-electron chi connectivity index (χ4n) is 2.18. The van der Waals surface area contributed by atoms with Crippen molar-refractivity contribution in [1.82, 2.24) is 0 Å². The van der Waals surface area contributed by atoms with E-state index in [2.05, 4.69) is 0 Å². The van der Waals surface area contributed by atoms with E-state index in [9.17, 15) is 9.90 Å². The monoisotopic (exact) mass is 352 g/mol. The summed E-state index contributed by atoms with van der Waals surface area (Å²) in [6, 6.07) is 9.88. The summed E-state index contributed by atoms with van der Waals surface area (Å²) in [6.07, 6.45) is 0.696. The zero-order chi connectivity index (χ0) is 17.0. The molecule has 0 saturated heterocycles. The highest BCUT2D eigenvalue weighted by atomic mass is 35.5. The van der Waals surface area contributed by atoms with Crippen LogP contribution in [0.25, 0.3) is 0 Å². The Labute approximate surface area is 145 Å². The van der Waals surface area contributed by atoms with Crippen molar-refractivity contribution in [2.75, 3.05) is 0 Å². The van der Waals surface area contributed by atoms with Crippen LogP contribution in [0.4, 0.5) is 0 Å². The molecule has 0 aliphatic heterocycles. The fourth-order valence-corrected chi connectivity index (χ4v) is 2.57. The summed E-state index contributed by atoms with van der Waals surface area (Å²) >= 11 is 12.0. The molecule has 5 heteroatoms. The van der Waals surface area contributed by atoms with Crippen LogP contribution in [0.2, 0.25) is 10.0 Å². The van der Waals surface area contributed by atoms with Crippen molar-refractivity contribution < 1.29 is 14.6 Å². The van der Waals surface area contributed by atoms with E-state index in [1.807, 2.05) is 13.8 Å². The molecule has 0 radical (unpaired) electrons. The lowest BCUT2D eigenvalue weighted by Crippen LogP contribution is -2.12. The number of phenolic OH excluding ortho intramolecular Hbond substituents is 1. The molecule has 0 amide bonds.